The fraction of sp³-hybridized carbons (Fsp3) is 0.286. The molecule has 2 aromatic heterocycles. The van der Waals surface area contributed by atoms with Gasteiger partial charge in [-0.25, -0.2) is 4.79 Å². The molecule has 0 bridgehead atoms. The Kier molecular flexibility index (Phi) is 6.17. The molecule has 0 aliphatic carbocycles. The number of anilines is 1. The van der Waals surface area contributed by atoms with Crippen LogP contribution in [0.5, 0.6) is 0 Å². The van der Waals surface area contributed by atoms with Crippen LogP contribution in [0.2, 0.25) is 0 Å². The molecule has 0 saturated carbocycles. The fourth-order valence-corrected chi connectivity index (χ4v) is 4.69. The first-order valence-corrected chi connectivity index (χ1v) is 11.9. The van der Waals surface area contributed by atoms with Crippen LogP contribution in [0.4, 0.5) is 5.69 Å². The van der Waals surface area contributed by atoms with Crippen molar-refractivity contribution in [2.45, 2.75) is 39.8 Å². The van der Waals surface area contributed by atoms with Crippen LogP contribution in [-0.2, 0) is 22.5 Å². The number of aryl methyl sites for hydroxylation is 1. The van der Waals surface area contributed by atoms with Gasteiger partial charge in [-0.05, 0) is 39.0 Å². The number of ether oxygens (including phenoxy) is 1. The van der Waals surface area contributed by atoms with Crippen LogP contribution in [-0.4, -0.2) is 45.9 Å². The first kappa shape index (κ1) is 22.9. The maximum Gasteiger partial charge on any atom is 0.339 e. The molecule has 178 valence electrons. The fourth-order valence-electron chi connectivity index (χ4n) is 4.69. The van der Waals surface area contributed by atoms with Crippen molar-refractivity contribution in [3.8, 4) is 0 Å². The molecule has 1 aliphatic rings. The lowest BCUT2D eigenvalue weighted by Gasteiger charge is -2.32. The van der Waals surface area contributed by atoms with Crippen LogP contribution in [0.1, 0.15) is 41.2 Å². The Hall–Kier alpha value is -3.84. The monoisotopic (exact) mass is 468 g/mol. The zero-order chi connectivity index (χ0) is 24.5. The van der Waals surface area contributed by atoms with Crippen molar-refractivity contribution < 1.29 is 14.3 Å². The van der Waals surface area contributed by atoms with Gasteiger partial charge in [0.15, 0.2) is 6.61 Å². The van der Waals surface area contributed by atoms with Gasteiger partial charge in [0.05, 0.1) is 22.3 Å². The SMILES string of the molecule is Cc1cc(NC(=O)COC(=O)c2c3c(nc4ccccc24)CCN(C(C)C)C3)c2ccccc2n1. The van der Waals surface area contributed by atoms with E-state index in [4.69, 9.17) is 9.72 Å². The highest BCUT2D eigenvalue weighted by atomic mass is 16.5. The third kappa shape index (κ3) is 4.59. The van der Waals surface area contributed by atoms with E-state index in [-0.39, 0.29) is 6.61 Å². The van der Waals surface area contributed by atoms with Gasteiger partial charge in [0, 0.05) is 53.3 Å². The average Bonchev–Trinajstić information content (AvgIpc) is 2.85. The van der Waals surface area contributed by atoms with Crippen LogP contribution in [0.15, 0.2) is 54.6 Å². The number of pyridine rings is 2. The maximum absolute atomic E-state index is 13.4. The van der Waals surface area contributed by atoms with Crippen molar-refractivity contribution in [1.29, 1.82) is 0 Å². The summed E-state index contributed by atoms with van der Waals surface area (Å²) in [6.07, 6.45) is 0.771. The van der Waals surface area contributed by atoms with Crippen LogP contribution in [0.25, 0.3) is 21.8 Å². The van der Waals surface area contributed by atoms with Gasteiger partial charge in [0.2, 0.25) is 0 Å². The van der Waals surface area contributed by atoms with Gasteiger partial charge >= 0.3 is 5.97 Å². The van der Waals surface area contributed by atoms with Gasteiger partial charge in [-0.1, -0.05) is 36.4 Å². The summed E-state index contributed by atoms with van der Waals surface area (Å²) in [6.45, 7) is 7.31. The summed E-state index contributed by atoms with van der Waals surface area (Å²) in [4.78, 5) is 37.8. The van der Waals surface area contributed by atoms with Gasteiger partial charge in [-0.15, -0.1) is 0 Å². The second-order valence-corrected chi connectivity index (χ2v) is 9.20. The summed E-state index contributed by atoms with van der Waals surface area (Å²) in [5.74, 6) is -0.901. The molecule has 4 aromatic rings. The number of hydrogen-bond donors (Lipinski definition) is 1. The molecule has 1 aliphatic heterocycles. The second-order valence-electron chi connectivity index (χ2n) is 9.20. The molecule has 0 fully saturated rings. The van der Waals surface area contributed by atoms with Gasteiger partial charge in [-0.2, -0.15) is 0 Å². The Morgan fingerprint density at radius 3 is 2.46 bits per heavy atom. The van der Waals surface area contributed by atoms with Crippen LogP contribution in [0, 0.1) is 6.92 Å². The van der Waals surface area contributed by atoms with E-state index in [1.807, 2.05) is 61.5 Å². The number of hydrogen-bond acceptors (Lipinski definition) is 6. The Labute approximate surface area is 204 Å². The largest absolute Gasteiger partial charge is 0.452 e. The minimum Gasteiger partial charge on any atom is -0.452 e. The lowest BCUT2D eigenvalue weighted by molar-refractivity contribution is -0.119. The molecule has 3 heterocycles. The number of para-hydroxylation sites is 2. The van der Waals surface area contributed by atoms with Gasteiger partial charge in [-0.3, -0.25) is 19.7 Å². The summed E-state index contributed by atoms with van der Waals surface area (Å²) in [5.41, 5.74) is 5.33. The molecular formula is C28H28N4O3. The van der Waals surface area contributed by atoms with E-state index in [1.165, 1.54) is 0 Å². The number of carbonyl (C=O) groups excluding carboxylic acids is 2. The van der Waals surface area contributed by atoms with E-state index in [1.54, 1.807) is 0 Å². The predicted octanol–water partition coefficient (Wildman–Crippen LogP) is 4.65. The molecule has 1 amide bonds. The molecule has 35 heavy (non-hydrogen) atoms. The van der Waals surface area contributed by atoms with E-state index in [9.17, 15) is 9.59 Å². The standard InChI is InChI=1S/C28H28N4O3/c1-17(2)32-13-12-24-21(15-32)27(20-9-5-7-11-23(20)30-24)28(34)35-16-26(33)31-25-14-18(3)29-22-10-6-4-8-19(22)25/h4-11,14,17H,12-13,15-16H2,1-3H3,(H,29,31,33). The van der Waals surface area contributed by atoms with Gasteiger partial charge < -0.3 is 10.1 Å². The Morgan fingerprint density at radius 1 is 1.03 bits per heavy atom. The number of rotatable bonds is 5. The lowest BCUT2D eigenvalue weighted by atomic mass is 9.95. The summed E-state index contributed by atoms with van der Waals surface area (Å²) < 4.78 is 5.56. The van der Waals surface area contributed by atoms with E-state index >= 15 is 0 Å². The third-order valence-electron chi connectivity index (χ3n) is 6.46. The third-order valence-corrected chi connectivity index (χ3v) is 6.46. The first-order valence-electron chi connectivity index (χ1n) is 11.9. The number of fused-ring (bicyclic) bond motifs is 3. The summed E-state index contributed by atoms with van der Waals surface area (Å²) in [6, 6.07) is 17.4. The van der Waals surface area contributed by atoms with Crippen molar-refractivity contribution in [2.24, 2.45) is 0 Å². The van der Waals surface area contributed by atoms with E-state index in [0.717, 1.165) is 51.7 Å². The minimum atomic E-state index is -0.503. The van der Waals surface area contributed by atoms with Crippen molar-refractivity contribution in [3.05, 3.63) is 77.1 Å². The molecular weight excluding hydrogens is 440 g/mol. The second kappa shape index (κ2) is 9.43. The molecule has 0 spiro atoms. The van der Waals surface area contributed by atoms with Crippen LogP contribution >= 0.6 is 0 Å². The number of esters is 1. The highest BCUT2D eigenvalue weighted by Crippen LogP contribution is 2.29. The predicted molar refractivity (Wildman–Crippen MR) is 136 cm³/mol. The Bertz CT molecular complexity index is 1450. The molecule has 7 heteroatoms. The summed E-state index contributed by atoms with van der Waals surface area (Å²) >= 11 is 0. The van der Waals surface area contributed by atoms with Gasteiger partial charge in [0.1, 0.15) is 0 Å². The smallest absolute Gasteiger partial charge is 0.339 e. The lowest BCUT2D eigenvalue weighted by Crippen LogP contribution is -2.37. The quantitative estimate of drug-likeness (QED) is 0.429. The zero-order valence-electron chi connectivity index (χ0n) is 20.2. The normalized spacial score (nSPS) is 13.7. The summed E-state index contributed by atoms with van der Waals surface area (Å²) in [5, 5.41) is 4.46. The van der Waals surface area contributed by atoms with Crippen LogP contribution < -0.4 is 5.32 Å². The maximum atomic E-state index is 13.4. The van der Waals surface area contributed by atoms with Crippen molar-refractivity contribution in [1.82, 2.24) is 14.9 Å². The van der Waals surface area contributed by atoms with Gasteiger partial charge in [0.25, 0.3) is 5.91 Å². The minimum absolute atomic E-state index is 0.350. The molecule has 7 nitrogen and oxygen atoms in total. The van der Waals surface area contributed by atoms with Crippen LogP contribution in [0.3, 0.4) is 0 Å². The topological polar surface area (TPSA) is 84.4 Å². The molecule has 0 atom stereocenters. The first-order chi connectivity index (χ1) is 16.9. The number of nitrogens with one attached hydrogen (secondary N) is 1. The zero-order valence-corrected chi connectivity index (χ0v) is 20.2. The number of carbonyl (C=O) groups is 2. The van der Waals surface area contributed by atoms with Crippen molar-refractivity contribution >= 4 is 39.4 Å². The number of benzene rings is 2. The molecule has 2 aromatic carbocycles. The molecule has 0 unspecified atom stereocenters. The molecule has 1 N–H and O–H groups in total. The number of amides is 1. The Morgan fingerprint density at radius 2 is 1.71 bits per heavy atom. The van der Waals surface area contributed by atoms with Crippen molar-refractivity contribution in [3.63, 3.8) is 0 Å². The molecule has 0 saturated heterocycles. The molecule has 5 rings (SSSR count). The highest BCUT2D eigenvalue weighted by molar-refractivity contribution is 6.07. The highest BCUT2D eigenvalue weighted by Gasteiger charge is 2.28. The van der Waals surface area contributed by atoms with E-state index in [0.29, 0.717) is 23.8 Å². The van der Waals surface area contributed by atoms with E-state index < -0.39 is 11.9 Å². The Balaban J connectivity index is 1.40. The number of nitrogens with zero attached hydrogens (tertiary/aromatic N) is 3. The molecule has 0 radical (unpaired) electrons. The van der Waals surface area contributed by atoms with Crippen molar-refractivity contribution in [2.75, 3.05) is 18.5 Å². The number of aromatic nitrogens is 2. The summed E-state index contributed by atoms with van der Waals surface area (Å²) in [7, 11) is 0. The van der Waals surface area contributed by atoms with E-state index in [2.05, 4.69) is 29.0 Å². The average molecular weight is 469 g/mol.